The van der Waals surface area contributed by atoms with Crippen LogP contribution in [0.2, 0.25) is 0 Å². The zero-order chi connectivity index (χ0) is 16.6. The van der Waals surface area contributed by atoms with Gasteiger partial charge in [0.1, 0.15) is 18.0 Å². The minimum absolute atomic E-state index is 0.581. The van der Waals surface area contributed by atoms with Gasteiger partial charge in [0.25, 0.3) is 0 Å². The van der Waals surface area contributed by atoms with Gasteiger partial charge in [-0.25, -0.2) is 15.0 Å². The summed E-state index contributed by atoms with van der Waals surface area (Å²) in [6.45, 7) is 2.14. The van der Waals surface area contributed by atoms with Gasteiger partial charge >= 0.3 is 0 Å². The van der Waals surface area contributed by atoms with Crippen molar-refractivity contribution >= 4 is 22.5 Å². The number of aromatic nitrogens is 4. The second-order valence-electron chi connectivity index (χ2n) is 7.49. The maximum Gasteiger partial charge on any atom is 0.205 e. The zero-order valence-corrected chi connectivity index (χ0v) is 15.2. The van der Waals surface area contributed by atoms with Crippen molar-refractivity contribution in [3.63, 3.8) is 0 Å². The van der Waals surface area contributed by atoms with Crippen LogP contribution in [0.15, 0.2) is 18.6 Å². The Kier molecular flexibility index (Phi) is 4.04. The van der Waals surface area contributed by atoms with E-state index in [1.165, 1.54) is 44.9 Å². The maximum absolute atomic E-state index is 4.83. The molecule has 3 heterocycles. The SMILES string of the molecule is c1cc(N(C2CC2)C2CCN(c3nc(C4CCC4)ns3)CC2)ncn1. The van der Waals surface area contributed by atoms with Crippen LogP contribution in [0.3, 0.4) is 0 Å². The van der Waals surface area contributed by atoms with Crippen molar-refractivity contribution in [2.75, 3.05) is 22.9 Å². The van der Waals surface area contributed by atoms with Crippen LogP contribution in [0.1, 0.15) is 56.7 Å². The molecule has 1 saturated heterocycles. The molecule has 7 heteroatoms. The second-order valence-corrected chi connectivity index (χ2v) is 8.22. The van der Waals surface area contributed by atoms with Crippen LogP contribution in [-0.2, 0) is 0 Å². The van der Waals surface area contributed by atoms with Crippen molar-refractivity contribution < 1.29 is 0 Å². The average molecular weight is 356 g/mol. The molecule has 0 bridgehead atoms. The van der Waals surface area contributed by atoms with E-state index in [9.17, 15) is 0 Å². The fourth-order valence-corrected chi connectivity index (χ4v) is 4.78. The minimum Gasteiger partial charge on any atom is -0.350 e. The Morgan fingerprint density at radius 2 is 1.84 bits per heavy atom. The number of hydrogen-bond donors (Lipinski definition) is 0. The molecule has 0 unspecified atom stereocenters. The van der Waals surface area contributed by atoms with Gasteiger partial charge in [-0.1, -0.05) is 6.42 Å². The third-order valence-corrected chi connectivity index (χ3v) is 6.59. The first-order valence-corrected chi connectivity index (χ1v) is 10.3. The van der Waals surface area contributed by atoms with E-state index in [-0.39, 0.29) is 0 Å². The summed E-state index contributed by atoms with van der Waals surface area (Å²) in [5.41, 5.74) is 0. The molecule has 0 N–H and O–H groups in total. The van der Waals surface area contributed by atoms with E-state index in [1.54, 1.807) is 17.9 Å². The summed E-state index contributed by atoms with van der Waals surface area (Å²) >= 11 is 1.59. The number of hydrogen-bond acceptors (Lipinski definition) is 7. The van der Waals surface area contributed by atoms with Crippen molar-refractivity contribution in [1.29, 1.82) is 0 Å². The predicted octanol–water partition coefficient (Wildman–Crippen LogP) is 3.23. The summed E-state index contributed by atoms with van der Waals surface area (Å²) in [5.74, 6) is 2.82. The molecule has 2 saturated carbocycles. The molecule has 2 aromatic heterocycles. The van der Waals surface area contributed by atoms with Crippen LogP contribution < -0.4 is 9.80 Å². The highest BCUT2D eigenvalue weighted by Crippen LogP contribution is 2.38. The van der Waals surface area contributed by atoms with Gasteiger partial charge in [-0.05, 0) is 44.6 Å². The number of anilines is 2. The van der Waals surface area contributed by atoms with Gasteiger partial charge in [0.15, 0.2) is 0 Å². The fraction of sp³-hybridized carbons (Fsp3) is 0.667. The van der Waals surface area contributed by atoms with Crippen LogP contribution in [0, 0.1) is 0 Å². The molecule has 132 valence electrons. The monoisotopic (exact) mass is 356 g/mol. The number of nitrogens with zero attached hydrogens (tertiary/aromatic N) is 6. The van der Waals surface area contributed by atoms with E-state index in [4.69, 9.17) is 4.98 Å². The Hall–Kier alpha value is -1.76. The Labute approximate surface area is 152 Å². The fourth-order valence-electron chi connectivity index (χ4n) is 3.98. The molecular formula is C18H24N6S. The third-order valence-electron chi connectivity index (χ3n) is 5.80. The van der Waals surface area contributed by atoms with Gasteiger partial charge in [0.05, 0.1) is 0 Å². The van der Waals surface area contributed by atoms with Crippen LogP contribution in [0.5, 0.6) is 0 Å². The molecule has 0 radical (unpaired) electrons. The van der Waals surface area contributed by atoms with Gasteiger partial charge in [-0.3, -0.25) is 0 Å². The minimum atomic E-state index is 0.581. The average Bonchev–Trinajstić information content (AvgIpc) is 3.33. The zero-order valence-electron chi connectivity index (χ0n) is 14.4. The van der Waals surface area contributed by atoms with Crippen LogP contribution in [0.4, 0.5) is 10.9 Å². The summed E-state index contributed by atoms with van der Waals surface area (Å²) < 4.78 is 4.61. The highest BCUT2D eigenvalue weighted by Gasteiger charge is 2.37. The summed E-state index contributed by atoms with van der Waals surface area (Å²) in [6.07, 6.45) is 12.3. The van der Waals surface area contributed by atoms with E-state index >= 15 is 0 Å². The normalized spacial score (nSPS) is 22.0. The molecule has 2 aromatic rings. The molecule has 0 atom stereocenters. The van der Waals surface area contributed by atoms with Crippen molar-refractivity contribution in [3.8, 4) is 0 Å². The Morgan fingerprint density at radius 3 is 2.48 bits per heavy atom. The number of rotatable bonds is 5. The Bertz CT molecular complexity index is 703. The molecule has 0 amide bonds. The maximum atomic E-state index is 4.83. The van der Waals surface area contributed by atoms with E-state index in [2.05, 4.69) is 30.2 Å². The van der Waals surface area contributed by atoms with Gasteiger partial charge in [0, 0.05) is 48.8 Å². The summed E-state index contributed by atoms with van der Waals surface area (Å²) in [7, 11) is 0. The third kappa shape index (κ3) is 3.10. The van der Waals surface area contributed by atoms with Gasteiger partial charge in [-0.15, -0.1) is 0 Å². The molecule has 3 aliphatic rings. The highest BCUT2D eigenvalue weighted by atomic mass is 32.1. The molecule has 2 aliphatic carbocycles. The van der Waals surface area contributed by atoms with Gasteiger partial charge < -0.3 is 9.80 Å². The van der Waals surface area contributed by atoms with Crippen molar-refractivity contribution in [1.82, 2.24) is 19.3 Å². The van der Waals surface area contributed by atoms with Gasteiger partial charge in [0.2, 0.25) is 5.13 Å². The first kappa shape index (κ1) is 15.5. The topological polar surface area (TPSA) is 58.0 Å². The predicted molar refractivity (Wildman–Crippen MR) is 99.3 cm³/mol. The molecule has 3 fully saturated rings. The first-order valence-electron chi connectivity index (χ1n) is 9.51. The van der Waals surface area contributed by atoms with E-state index in [0.717, 1.165) is 29.9 Å². The Morgan fingerprint density at radius 1 is 1.04 bits per heavy atom. The van der Waals surface area contributed by atoms with E-state index in [0.29, 0.717) is 18.0 Å². The first-order chi connectivity index (χ1) is 12.4. The molecule has 0 aromatic carbocycles. The second kappa shape index (κ2) is 6.52. The quantitative estimate of drug-likeness (QED) is 0.820. The Balaban J connectivity index is 1.25. The lowest BCUT2D eigenvalue weighted by molar-refractivity contribution is 0.404. The van der Waals surface area contributed by atoms with Crippen molar-refractivity contribution in [3.05, 3.63) is 24.4 Å². The lowest BCUT2D eigenvalue weighted by atomic mass is 9.85. The highest BCUT2D eigenvalue weighted by molar-refractivity contribution is 7.09. The lowest BCUT2D eigenvalue weighted by Crippen LogP contribution is -2.46. The molecular weight excluding hydrogens is 332 g/mol. The smallest absolute Gasteiger partial charge is 0.205 e. The van der Waals surface area contributed by atoms with Crippen LogP contribution in [-0.4, -0.2) is 44.5 Å². The van der Waals surface area contributed by atoms with E-state index < -0.39 is 0 Å². The lowest BCUT2D eigenvalue weighted by Gasteiger charge is -2.39. The van der Waals surface area contributed by atoms with Crippen molar-refractivity contribution in [2.24, 2.45) is 0 Å². The largest absolute Gasteiger partial charge is 0.350 e. The summed E-state index contributed by atoms with van der Waals surface area (Å²) in [5, 5.41) is 1.13. The van der Waals surface area contributed by atoms with Crippen LogP contribution >= 0.6 is 11.5 Å². The summed E-state index contributed by atoms with van der Waals surface area (Å²) in [4.78, 5) is 18.4. The molecule has 25 heavy (non-hydrogen) atoms. The van der Waals surface area contributed by atoms with Gasteiger partial charge in [-0.2, -0.15) is 4.37 Å². The molecule has 1 aliphatic heterocycles. The van der Waals surface area contributed by atoms with Crippen LogP contribution in [0.25, 0.3) is 0 Å². The molecule has 5 rings (SSSR count). The molecule has 0 spiro atoms. The summed E-state index contributed by atoms with van der Waals surface area (Å²) in [6, 6.07) is 3.32. The molecule has 6 nitrogen and oxygen atoms in total. The van der Waals surface area contributed by atoms with E-state index in [1.807, 2.05) is 6.20 Å². The van der Waals surface area contributed by atoms with Crippen molar-refractivity contribution in [2.45, 2.75) is 62.9 Å². The standard InChI is InChI=1S/C18H24N6S/c1-2-13(3-1)17-21-18(25-22-17)23-10-7-15(8-11-23)24(14-4-5-14)16-6-9-19-12-20-16/h6,9,12-15H,1-5,7-8,10-11H2. The number of piperidine rings is 1.